The van der Waals surface area contributed by atoms with Gasteiger partial charge < -0.3 is 19.3 Å². The summed E-state index contributed by atoms with van der Waals surface area (Å²) in [7, 11) is 4.35. The predicted octanol–water partition coefficient (Wildman–Crippen LogP) is 4.48. The van der Waals surface area contributed by atoms with Crippen LogP contribution in [0.4, 0.5) is 10.1 Å². The number of benzene rings is 3. The van der Waals surface area contributed by atoms with E-state index >= 15 is 0 Å². The number of ketones is 1. The second-order valence-corrected chi connectivity index (χ2v) is 7.46. The zero-order valence-electron chi connectivity index (χ0n) is 18.7. The number of carbonyl (C=O) groups excluding carboxylic acids is 2. The van der Waals surface area contributed by atoms with E-state index in [1.54, 1.807) is 36.4 Å². The van der Waals surface area contributed by atoms with Gasteiger partial charge in [-0.3, -0.25) is 14.5 Å². The number of nitrogens with zero attached hydrogens (tertiary/aromatic N) is 1. The fourth-order valence-corrected chi connectivity index (χ4v) is 3.99. The number of halogens is 1. The summed E-state index contributed by atoms with van der Waals surface area (Å²) in [6.45, 7) is 0. The van der Waals surface area contributed by atoms with Crippen LogP contribution in [0.15, 0.2) is 72.3 Å². The normalized spacial score (nSPS) is 17.1. The van der Waals surface area contributed by atoms with E-state index in [1.165, 1.54) is 51.7 Å². The number of amides is 1. The van der Waals surface area contributed by atoms with Crippen molar-refractivity contribution in [3.63, 3.8) is 0 Å². The molecule has 4 rings (SSSR count). The maximum absolute atomic E-state index is 15.0. The predicted molar refractivity (Wildman–Crippen MR) is 124 cm³/mol. The Bertz CT molecular complexity index is 1300. The van der Waals surface area contributed by atoms with Crippen molar-refractivity contribution in [1.82, 2.24) is 0 Å². The van der Waals surface area contributed by atoms with Crippen LogP contribution in [-0.4, -0.2) is 38.1 Å². The third-order valence-electron chi connectivity index (χ3n) is 5.64. The molecule has 1 heterocycles. The van der Waals surface area contributed by atoms with Gasteiger partial charge >= 0.3 is 0 Å². The van der Waals surface area contributed by atoms with Crippen LogP contribution in [0, 0.1) is 5.82 Å². The van der Waals surface area contributed by atoms with Crippen molar-refractivity contribution in [3.05, 3.63) is 89.2 Å². The Kier molecular flexibility index (Phi) is 6.23. The number of hydrogen-bond acceptors (Lipinski definition) is 6. The highest BCUT2D eigenvalue weighted by Crippen LogP contribution is 2.44. The minimum atomic E-state index is -1.22. The van der Waals surface area contributed by atoms with E-state index in [9.17, 15) is 19.1 Å². The highest BCUT2D eigenvalue weighted by Gasteiger charge is 2.48. The van der Waals surface area contributed by atoms with Gasteiger partial charge in [0.2, 0.25) is 0 Å². The van der Waals surface area contributed by atoms with Gasteiger partial charge in [0.05, 0.1) is 38.5 Å². The number of Topliss-reactive ketones (excluding diaryl/α,β-unsaturated/α-hetero) is 1. The molecule has 0 spiro atoms. The Morgan fingerprint density at radius 3 is 2.26 bits per heavy atom. The summed E-state index contributed by atoms with van der Waals surface area (Å²) in [5.41, 5.74) is 0.267. The first-order valence-corrected chi connectivity index (χ1v) is 10.3. The average Bonchev–Trinajstić information content (AvgIpc) is 3.13. The molecule has 3 aromatic rings. The van der Waals surface area contributed by atoms with Crippen LogP contribution in [0.25, 0.3) is 5.76 Å². The Balaban J connectivity index is 1.99. The van der Waals surface area contributed by atoms with Crippen molar-refractivity contribution >= 4 is 23.1 Å². The molecule has 1 saturated heterocycles. The van der Waals surface area contributed by atoms with E-state index in [0.717, 1.165) is 4.90 Å². The Hall–Kier alpha value is -4.33. The van der Waals surface area contributed by atoms with E-state index in [2.05, 4.69) is 0 Å². The van der Waals surface area contributed by atoms with Gasteiger partial charge in [0.15, 0.2) is 0 Å². The molecule has 1 atom stereocenters. The molecule has 8 heteroatoms. The lowest BCUT2D eigenvalue weighted by molar-refractivity contribution is -0.132. The SMILES string of the molecule is COc1cccc(N2C(=O)C(=O)/C(=C(/O)c3ccc(OC)cc3OC)C2c2ccccc2F)c1. The fourth-order valence-electron chi connectivity index (χ4n) is 3.99. The zero-order valence-corrected chi connectivity index (χ0v) is 18.7. The fraction of sp³-hybridized carbons (Fsp3) is 0.154. The van der Waals surface area contributed by atoms with Crippen LogP contribution < -0.4 is 19.1 Å². The van der Waals surface area contributed by atoms with Crippen LogP contribution >= 0.6 is 0 Å². The number of aliphatic hydroxyl groups is 1. The van der Waals surface area contributed by atoms with Crippen molar-refractivity contribution in [2.75, 3.05) is 26.2 Å². The molecule has 3 aromatic carbocycles. The zero-order chi connectivity index (χ0) is 24.4. The molecule has 1 fully saturated rings. The Morgan fingerprint density at radius 2 is 1.59 bits per heavy atom. The van der Waals surface area contributed by atoms with Crippen LogP contribution in [0.1, 0.15) is 17.2 Å². The average molecular weight is 463 g/mol. The van der Waals surface area contributed by atoms with Crippen LogP contribution in [0.2, 0.25) is 0 Å². The molecular weight excluding hydrogens is 441 g/mol. The summed E-state index contributed by atoms with van der Waals surface area (Å²) in [5, 5.41) is 11.3. The summed E-state index contributed by atoms with van der Waals surface area (Å²) in [5.74, 6) is -1.84. The van der Waals surface area contributed by atoms with Gasteiger partial charge in [-0.25, -0.2) is 4.39 Å². The molecule has 0 radical (unpaired) electrons. The number of hydrogen-bond donors (Lipinski definition) is 1. The molecular formula is C26H22FNO6. The van der Waals surface area contributed by atoms with Gasteiger partial charge in [-0.2, -0.15) is 0 Å². The van der Waals surface area contributed by atoms with E-state index in [-0.39, 0.29) is 22.4 Å². The smallest absolute Gasteiger partial charge is 0.300 e. The number of ether oxygens (including phenoxy) is 3. The third kappa shape index (κ3) is 3.83. The van der Waals surface area contributed by atoms with Gasteiger partial charge in [-0.05, 0) is 30.3 Å². The number of rotatable bonds is 6. The van der Waals surface area contributed by atoms with Gasteiger partial charge in [0, 0.05) is 23.4 Å². The van der Waals surface area contributed by atoms with Crippen molar-refractivity contribution < 1.29 is 33.3 Å². The maximum atomic E-state index is 15.0. The molecule has 0 saturated carbocycles. The topological polar surface area (TPSA) is 85.3 Å². The summed E-state index contributed by atoms with van der Waals surface area (Å²) in [6.07, 6.45) is 0. The maximum Gasteiger partial charge on any atom is 0.300 e. The van der Waals surface area contributed by atoms with Gasteiger partial charge in [0.25, 0.3) is 11.7 Å². The largest absolute Gasteiger partial charge is 0.507 e. The van der Waals surface area contributed by atoms with Gasteiger partial charge in [-0.1, -0.05) is 24.3 Å². The molecule has 1 amide bonds. The molecule has 7 nitrogen and oxygen atoms in total. The number of aliphatic hydroxyl groups excluding tert-OH is 1. The molecule has 1 aliphatic rings. The van der Waals surface area contributed by atoms with E-state index in [4.69, 9.17) is 14.2 Å². The van der Waals surface area contributed by atoms with Gasteiger partial charge in [0.1, 0.15) is 28.8 Å². The van der Waals surface area contributed by atoms with E-state index in [1.807, 2.05) is 0 Å². The molecule has 174 valence electrons. The number of anilines is 1. The second kappa shape index (κ2) is 9.27. The van der Waals surface area contributed by atoms with Crippen LogP contribution in [-0.2, 0) is 9.59 Å². The van der Waals surface area contributed by atoms with E-state index < -0.39 is 29.3 Å². The lowest BCUT2D eigenvalue weighted by atomic mass is 9.94. The quantitative estimate of drug-likeness (QED) is 0.330. The molecule has 1 unspecified atom stereocenters. The highest BCUT2D eigenvalue weighted by atomic mass is 19.1. The first-order valence-electron chi connectivity index (χ1n) is 10.3. The summed E-state index contributed by atoms with van der Waals surface area (Å²) in [4.78, 5) is 27.6. The third-order valence-corrected chi connectivity index (χ3v) is 5.64. The summed E-state index contributed by atoms with van der Waals surface area (Å²) < 4.78 is 30.8. The van der Waals surface area contributed by atoms with Crippen molar-refractivity contribution in [3.8, 4) is 17.2 Å². The molecule has 1 N–H and O–H groups in total. The summed E-state index contributed by atoms with van der Waals surface area (Å²) in [6, 6.07) is 15.7. The highest BCUT2D eigenvalue weighted by molar-refractivity contribution is 6.51. The molecule has 0 aromatic heterocycles. The standard InChI is InChI=1S/C26H22FNO6/c1-32-16-8-6-7-15(13-16)28-23(18-9-4-5-10-20(18)27)22(25(30)26(28)31)24(29)19-12-11-17(33-2)14-21(19)34-3/h4-14,23,29H,1-3H3/b24-22+. The van der Waals surface area contributed by atoms with Crippen molar-refractivity contribution in [2.24, 2.45) is 0 Å². The molecule has 0 bridgehead atoms. The molecule has 34 heavy (non-hydrogen) atoms. The van der Waals surface area contributed by atoms with E-state index in [0.29, 0.717) is 17.2 Å². The monoisotopic (exact) mass is 463 g/mol. The second-order valence-electron chi connectivity index (χ2n) is 7.46. The molecule has 1 aliphatic heterocycles. The first kappa shape index (κ1) is 22.8. The van der Waals surface area contributed by atoms with Crippen LogP contribution in [0.3, 0.4) is 0 Å². The van der Waals surface area contributed by atoms with Crippen LogP contribution in [0.5, 0.6) is 17.2 Å². The number of methoxy groups -OCH3 is 3. The number of carbonyl (C=O) groups is 2. The van der Waals surface area contributed by atoms with Gasteiger partial charge in [-0.15, -0.1) is 0 Å². The summed E-state index contributed by atoms with van der Waals surface area (Å²) >= 11 is 0. The first-order chi connectivity index (χ1) is 16.4. The molecule has 0 aliphatic carbocycles. The van der Waals surface area contributed by atoms with Crippen molar-refractivity contribution in [1.29, 1.82) is 0 Å². The lowest BCUT2D eigenvalue weighted by Crippen LogP contribution is -2.29. The minimum Gasteiger partial charge on any atom is -0.507 e. The Morgan fingerprint density at radius 1 is 0.882 bits per heavy atom. The Labute approximate surface area is 195 Å². The minimum absolute atomic E-state index is 0.0542. The lowest BCUT2D eigenvalue weighted by Gasteiger charge is -2.26. The van der Waals surface area contributed by atoms with Crippen molar-refractivity contribution in [2.45, 2.75) is 6.04 Å².